The molecular formula is C23H26N2O5S2. The molecule has 9 heteroatoms. The lowest BCUT2D eigenvalue weighted by Crippen LogP contribution is -2.16. The standard InChI is InChI=1S/C23H26N2O5S2/c1-4-5-18-7-14-21(15-8-18)31(26,27)25-23-16-22(13-6-17(23)2)32(28,29)24-19-9-11-20(30-3)12-10-19/h6-16,24-25H,4-5H2,1-3H3. The Balaban J connectivity index is 1.85. The van der Waals surface area contributed by atoms with Gasteiger partial charge in [-0.25, -0.2) is 16.8 Å². The molecule has 170 valence electrons. The number of hydrogen-bond acceptors (Lipinski definition) is 5. The van der Waals surface area contributed by atoms with Gasteiger partial charge in [0.2, 0.25) is 0 Å². The van der Waals surface area contributed by atoms with E-state index in [4.69, 9.17) is 4.74 Å². The molecule has 0 aliphatic rings. The van der Waals surface area contributed by atoms with Crippen molar-refractivity contribution < 1.29 is 21.6 Å². The highest BCUT2D eigenvalue weighted by atomic mass is 32.2. The second kappa shape index (κ2) is 9.62. The van der Waals surface area contributed by atoms with Crippen LogP contribution in [0.4, 0.5) is 11.4 Å². The third kappa shape index (κ3) is 5.60. The number of sulfonamides is 2. The summed E-state index contributed by atoms with van der Waals surface area (Å²) in [6, 6.07) is 17.4. The third-order valence-corrected chi connectivity index (χ3v) is 7.64. The molecule has 0 amide bonds. The molecule has 0 atom stereocenters. The molecule has 0 aliphatic heterocycles. The highest BCUT2D eigenvalue weighted by Crippen LogP contribution is 2.26. The Morgan fingerprint density at radius 2 is 1.38 bits per heavy atom. The Morgan fingerprint density at radius 3 is 1.97 bits per heavy atom. The van der Waals surface area contributed by atoms with Crippen LogP contribution < -0.4 is 14.2 Å². The van der Waals surface area contributed by atoms with Crippen LogP contribution in [-0.4, -0.2) is 23.9 Å². The van der Waals surface area contributed by atoms with Crippen LogP contribution in [-0.2, 0) is 26.5 Å². The lowest BCUT2D eigenvalue weighted by atomic mass is 10.1. The van der Waals surface area contributed by atoms with E-state index >= 15 is 0 Å². The first-order valence-corrected chi connectivity index (χ1v) is 13.0. The Bertz CT molecular complexity index is 1290. The molecule has 0 saturated heterocycles. The van der Waals surface area contributed by atoms with E-state index in [-0.39, 0.29) is 15.5 Å². The van der Waals surface area contributed by atoms with E-state index in [0.29, 0.717) is 17.0 Å². The van der Waals surface area contributed by atoms with Crippen molar-refractivity contribution in [3.8, 4) is 5.75 Å². The maximum atomic E-state index is 12.8. The summed E-state index contributed by atoms with van der Waals surface area (Å²) in [5, 5.41) is 0. The van der Waals surface area contributed by atoms with Gasteiger partial charge in [-0.15, -0.1) is 0 Å². The van der Waals surface area contributed by atoms with Crippen LogP contribution in [0.5, 0.6) is 5.75 Å². The minimum atomic E-state index is -3.93. The number of aryl methyl sites for hydroxylation is 2. The molecule has 3 aromatic rings. The number of methoxy groups -OCH3 is 1. The predicted octanol–water partition coefficient (Wildman–Crippen LogP) is 4.56. The van der Waals surface area contributed by atoms with Crippen LogP contribution in [0, 0.1) is 6.92 Å². The zero-order valence-electron chi connectivity index (χ0n) is 18.1. The van der Waals surface area contributed by atoms with Crippen LogP contribution in [0.2, 0.25) is 0 Å². The third-order valence-electron chi connectivity index (χ3n) is 4.88. The van der Waals surface area contributed by atoms with Gasteiger partial charge in [0.05, 0.1) is 22.6 Å². The normalized spacial score (nSPS) is 11.7. The smallest absolute Gasteiger partial charge is 0.261 e. The topological polar surface area (TPSA) is 102 Å². The molecule has 3 aromatic carbocycles. The predicted molar refractivity (Wildman–Crippen MR) is 126 cm³/mol. The van der Waals surface area contributed by atoms with E-state index in [1.165, 1.54) is 19.2 Å². The van der Waals surface area contributed by atoms with Crippen molar-refractivity contribution in [3.05, 3.63) is 77.9 Å². The summed E-state index contributed by atoms with van der Waals surface area (Å²) in [7, 11) is -6.28. The van der Waals surface area contributed by atoms with Crippen LogP contribution in [0.25, 0.3) is 0 Å². The van der Waals surface area contributed by atoms with Crippen LogP contribution in [0.3, 0.4) is 0 Å². The van der Waals surface area contributed by atoms with E-state index in [1.807, 2.05) is 0 Å². The van der Waals surface area contributed by atoms with Crippen LogP contribution in [0.15, 0.2) is 76.5 Å². The van der Waals surface area contributed by atoms with Crippen molar-refractivity contribution in [1.29, 1.82) is 0 Å². The molecule has 0 bridgehead atoms. The van der Waals surface area contributed by atoms with Crippen molar-refractivity contribution >= 4 is 31.4 Å². The fourth-order valence-electron chi connectivity index (χ4n) is 3.08. The highest BCUT2D eigenvalue weighted by Gasteiger charge is 2.19. The largest absolute Gasteiger partial charge is 0.497 e. The molecule has 0 fully saturated rings. The van der Waals surface area contributed by atoms with Crippen molar-refractivity contribution in [2.24, 2.45) is 0 Å². The Kier molecular flexibility index (Phi) is 7.10. The summed E-state index contributed by atoms with van der Waals surface area (Å²) in [5.41, 5.74) is 2.21. The molecule has 32 heavy (non-hydrogen) atoms. The first-order chi connectivity index (χ1) is 15.1. The van der Waals surface area contributed by atoms with Gasteiger partial charge < -0.3 is 4.74 Å². The van der Waals surface area contributed by atoms with Gasteiger partial charge in [-0.05, 0) is 73.0 Å². The van der Waals surface area contributed by atoms with Crippen molar-refractivity contribution in [3.63, 3.8) is 0 Å². The fraction of sp³-hybridized carbons (Fsp3) is 0.217. The molecule has 0 unspecified atom stereocenters. The zero-order chi connectivity index (χ0) is 23.4. The first kappa shape index (κ1) is 23.6. The zero-order valence-corrected chi connectivity index (χ0v) is 19.8. The first-order valence-electron chi connectivity index (χ1n) is 10.0. The number of rotatable bonds is 9. The second-order valence-corrected chi connectivity index (χ2v) is 10.7. The quantitative estimate of drug-likeness (QED) is 0.473. The lowest BCUT2D eigenvalue weighted by Gasteiger charge is -2.14. The van der Waals surface area contributed by atoms with E-state index < -0.39 is 20.0 Å². The molecule has 3 rings (SSSR count). The summed E-state index contributed by atoms with van der Waals surface area (Å²) >= 11 is 0. The molecule has 2 N–H and O–H groups in total. The highest BCUT2D eigenvalue weighted by molar-refractivity contribution is 7.93. The molecule has 7 nitrogen and oxygen atoms in total. The molecule has 0 spiro atoms. The van der Waals surface area contributed by atoms with E-state index in [1.54, 1.807) is 61.5 Å². The molecular weight excluding hydrogens is 448 g/mol. The number of ether oxygens (including phenoxy) is 1. The van der Waals surface area contributed by atoms with Gasteiger partial charge in [0.15, 0.2) is 0 Å². The monoisotopic (exact) mass is 474 g/mol. The van der Waals surface area contributed by atoms with E-state index in [0.717, 1.165) is 18.4 Å². The maximum absolute atomic E-state index is 12.8. The fourth-order valence-corrected chi connectivity index (χ4v) is 5.29. The molecule has 0 heterocycles. The summed E-state index contributed by atoms with van der Waals surface area (Å²) in [4.78, 5) is 0.0521. The average molecular weight is 475 g/mol. The SMILES string of the molecule is CCCc1ccc(S(=O)(=O)Nc2cc(S(=O)(=O)Nc3ccc(OC)cc3)ccc2C)cc1. The number of anilines is 2. The van der Waals surface area contributed by atoms with Gasteiger partial charge in [0, 0.05) is 5.69 Å². The Morgan fingerprint density at radius 1 is 0.781 bits per heavy atom. The summed E-state index contributed by atoms with van der Waals surface area (Å²) in [6.07, 6.45) is 1.84. The summed E-state index contributed by atoms with van der Waals surface area (Å²) < 4.78 is 61.4. The van der Waals surface area contributed by atoms with Gasteiger partial charge in [-0.1, -0.05) is 31.5 Å². The Hall–Kier alpha value is -3.04. The maximum Gasteiger partial charge on any atom is 0.261 e. The van der Waals surface area contributed by atoms with Gasteiger partial charge in [0.25, 0.3) is 20.0 Å². The van der Waals surface area contributed by atoms with Crippen molar-refractivity contribution in [1.82, 2.24) is 0 Å². The molecule has 0 saturated carbocycles. The molecule has 0 radical (unpaired) electrons. The minimum Gasteiger partial charge on any atom is -0.497 e. The molecule has 0 aromatic heterocycles. The van der Waals surface area contributed by atoms with E-state index in [2.05, 4.69) is 16.4 Å². The Labute approximate surface area is 189 Å². The minimum absolute atomic E-state index is 0.0603. The van der Waals surface area contributed by atoms with Crippen LogP contribution >= 0.6 is 0 Å². The summed E-state index contributed by atoms with van der Waals surface area (Å²) in [5.74, 6) is 0.600. The lowest BCUT2D eigenvalue weighted by molar-refractivity contribution is 0.415. The summed E-state index contributed by atoms with van der Waals surface area (Å²) in [6.45, 7) is 3.76. The number of nitrogens with one attached hydrogen (secondary N) is 2. The van der Waals surface area contributed by atoms with E-state index in [9.17, 15) is 16.8 Å². The second-order valence-electron chi connectivity index (χ2n) is 7.31. The number of hydrogen-bond donors (Lipinski definition) is 2. The van der Waals surface area contributed by atoms with Crippen molar-refractivity contribution in [2.75, 3.05) is 16.6 Å². The van der Waals surface area contributed by atoms with Gasteiger partial charge in [0.1, 0.15) is 5.75 Å². The average Bonchev–Trinajstić information content (AvgIpc) is 2.76. The van der Waals surface area contributed by atoms with Crippen LogP contribution in [0.1, 0.15) is 24.5 Å². The van der Waals surface area contributed by atoms with Gasteiger partial charge in [-0.3, -0.25) is 9.44 Å². The van der Waals surface area contributed by atoms with Gasteiger partial charge in [-0.2, -0.15) is 0 Å². The number of benzene rings is 3. The van der Waals surface area contributed by atoms with Crippen molar-refractivity contribution in [2.45, 2.75) is 36.5 Å². The molecule has 0 aliphatic carbocycles. The van der Waals surface area contributed by atoms with Gasteiger partial charge >= 0.3 is 0 Å².